The third-order valence-corrected chi connectivity index (χ3v) is 2.21. The Morgan fingerprint density at radius 2 is 1.83 bits per heavy atom. The van der Waals surface area contributed by atoms with Gasteiger partial charge in [-0.3, -0.25) is 0 Å². The van der Waals surface area contributed by atoms with Gasteiger partial charge < -0.3 is 4.90 Å². The average Bonchev–Trinajstić information content (AvgIpc) is 2.11. The van der Waals surface area contributed by atoms with E-state index in [1.54, 1.807) is 0 Å². The van der Waals surface area contributed by atoms with Crippen LogP contribution in [0.3, 0.4) is 0 Å². The standard InChI is InChI=1S/C11H19N/c1-12-10-8-6-4-2-3-5-7-9-11-12/h2,4,6,8H,3,5,7,9-11H2,1H3/b4-2-,8-6-. The van der Waals surface area contributed by atoms with E-state index in [4.69, 9.17) is 0 Å². The van der Waals surface area contributed by atoms with Gasteiger partial charge in [-0.05, 0) is 32.9 Å². The molecule has 0 aromatic heterocycles. The van der Waals surface area contributed by atoms with Crippen molar-refractivity contribution < 1.29 is 0 Å². The SMILES string of the molecule is CN1C/C=C\C=C/CCCCC1. The number of allylic oxidation sites excluding steroid dienone is 3. The highest BCUT2D eigenvalue weighted by Gasteiger charge is 1.95. The molecule has 0 aromatic rings. The van der Waals surface area contributed by atoms with Crippen molar-refractivity contribution in [1.82, 2.24) is 4.90 Å². The van der Waals surface area contributed by atoms with Crippen LogP contribution >= 0.6 is 0 Å². The summed E-state index contributed by atoms with van der Waals surface area (Å²) >= 11 is 0. The lowest BCUT2D eigenvalue weighted by atomic mass is 10.2. The molecule has 1 nitrogen and oxygen atoms in total. The fourth-order valence-corrected chi connectivity index (χ4v) is 1.41. The third-order valence-electron chi connectivity index (χ3n) is 2.21. The van der Waals surface area contributed by atoms with Crippen molar-refractivity contribution in [1.29, 1.82) is 0 Å². The first-order chi connectivity index (χ1) is 5.89. The second kappa shape index (κ2) is 6.01. The molecule has 0 saturated heterocycles. The number of rotatable bonds is 0. The van der Waals surface area contributed by atoms with Crippen LogP contribution < -0.4 is 0 Å². The molecule has 1 rings (SSSR count). The zero-order valence-corrected chi connectivity index (χ0v) is 8.00. The predicted molar refractivity (Wildman–Crippen MR) is 54.2 cm³/mol. The third kappa shape index (κ3) is 4.35. The van der Waals surface area contributed by atoms with Crippen LogP contribution in [0.15, 0.2) is 24.3 Å². The molecule has 0 saturated carbocycles. The molecule has 0 fully saturated rings. The number of likely N-dealkylation sites (N-methyl/N-ethyl adjacent to an activating group) is 1. The average molecular weight is 165 g/mol. The summed E-state index contributed by atoms with van der Waals surface area (Å²) < 4.78 is 0. The quantitative estimate of drug-likeness (QED) is 0.533. The van der Waals surface area contributed by atoms with Crippen LogP contribution in [0, 0.1) is 0 Å². The van der Waals surface area contributed by atoms with Crippen molar-refractivity contribution >= 4 is 0 Å². The summed E-state index contributed by atoms with van der Waals surface area (Å²) in [6.07, 6.45) is 14.1. The molecule has 0 amide bonds. The molecule has 0 aliphatic carbocycles. The highest BCUT2D eigenvalue weighted by atomic mass is 15.1. The number of hydrogen-bond acceptors (Lipinski definition) is 1. The molecule has 12 heavy (non-hydrogen) atoms. The van der Waals surface area contributed by atoms with Crippen molar-refractivity contribution in [2.75, 3.05) is 20.1 Å². The van der Waals surface area contributed by atoms with E-state index >= 15 is 0 Å². The number of nitrogens with zero attached hydrogens (tertiary/aromatic N) is 1. The van der Waals surface area contributed by atoms with Gasteiger partial charge in [-0.2, -0.15) is 0 Å². The molecule has 0 bridgehead atoms. The van der Waals surface area contributed by atoms with Gasteiger partial charge in [0.1, 0.15) is 0 Å². The monoisotopic (exact) mass is 165 g/mol. The summed E-state index contributed by atoms with van der Waals surface area (Å²) in [6, 6.07) is 0. The summed E-state index contributed by atoms with van der Waals surface area (Å²) in [7, 11) is 2.19. The number of hydrogen-bond donors (Lipinski definition) is 0. The maximum atomic E-state index is 2.37. The molecule has 68 valence electrons. The zero-order chi connectivity index (χ0) is 8.65. The molecule has 1 heterocycles. The van der Waals surface area contributed by atoms with Crippen LogP contribution in [0.1, 0.15) is 25.7 Å². The van der Waals surface area contributed by atoms with Crippen molar-refractivity contribution in [2.24, 2.45) is 0 Å². The smallest absolute Gasteiger partial charge is 0.0163 e. The molecule has 1 aliphatic rings. The van der Waals surface area contributed by atoms with Crippen molar-refractivity contribution in [2.45, 2.75) is 25.7 Å². The Labute approximate surface area is 75.8 Å². The van der Waals surface area contributed by atoms with E-state index in [9.17, 15) is 0 Å². The van der Waals surface area contributed by atoms with Crippen molar-refractivity contribution in [3.8, 4) is 0 Å². The highest BCUT2D eigenvalue weighted by Crippen LogP contribution is 2.03. The van der Waals surface area contributed by atoms with Gasteiger partial charge in [-0.15, -0.1) is 0 Å². The van der Waals surface area contributed by atoms with Crippen LogP contribution in [0.5, 0.6) is 0 Å². The maximum absolute atomic E-state index is 2.37. The fourth-order valence-electron chi connectivity index (χ4n) is 1.41. The zero-order valence-electron chi connectivity index (χ0n) is 8.00. The molecular weight excluding hydrogens is 146 g/mol. The second-order valence-electron chi connectivity index (χ2n) is 3.47. The molecule has 0 N–H and O–H groups in total. The Kier molecular flexibility index (Phi) is 4.77. The second-order valence-corrected chi connectivity index (χ2v) is 3.47. The summed E-state index contributed by atoms with van der Waals surface area (Å²) in [5, 5.41) is 0. The molecular formula is C11H19N. The van der Waals surface area contributed by atoms with Gasteiger partial charge in [0.25, 0.3) is 0 Å². The van der Waals surface area contributed by atoms with Crippen molar-refractivity contribution in [3.05, 3.63) is 24.3 Å². The van der Waals surface area contributed by atoms with Gasteiger partial charge >= 0.3 is 0 Å². The van der Waals surface area contributed by atoms with Crippen LogP contribution in [-0.2, 0) is 0 Å². The van der Waals surface area contributed by atoms with Crippen LogP contribution in [0.25, 0.3) is 0 Å². The fraction of sp³-hybridized carbons (Fsp3) is 0.636. The Balaban J connectivity index is 2.33. The van der Waals surface area contributed by atoms with Crippen LogP contribution in [0.2, 0.25) is 0 Å². The summed E-state index contributed by atoms with van der Waals surface area (Å²) in [5.41, 5.74) is 0. The van der Waals surface area contributed by atoms with E-state index in [0.717, 1.165) is 6.54 Å². The topological polar surface area (TPSA) is 3.24 Å². The van der Waals surface area contributed by atoms with E-state index in [1.165, 1.54) is 32.2 Å². The minimum absolute atomic E-state index is 1.09. The lowest BCUT2D eigenvalue weighted by Gasteiger charge is -2.13. The Morgan fingerprint density at radius 1 is 1.00 bits per heavy atom. The summed E-state index contributed by atoms with van der Waals surface area (Å²) in [4.78, 5) is 2.37. The minimum atomic E-state index is 1.09. The van der Waals surface area contributed by atoms with E-state index in [-0.39, 0.29) is 0 Å². The molecule has 0 aromatic carbocycles. The van der Waals surface area contributed by atoms with E-state index < -0.39 is 0 Å². The Morgan fingerprint density at radius 3 is 2.75 bits per heavy atom. The summed E-state index contributed by atoms with van der Waals surface area (Å²) in [5.74, 6) is 0. The Bertz CT molecular complexity index is 158. The molecule has 1 heteroatoms. The van der Waals surface area contributed by atoms with E-state index in [1.807, 2.05) is 0 Å². The minimum Gasteiger partial charge on any atom is -0.303 e. The van der Waals surface area contributed by atoms with Crippen LogP contribution in [0.4, 0.5) is 0 Å². The maximum Gasteiger partial charge on any atom is 0.0163 e. The molecule has 1 aliphatic heterocycles. The van der Waals surface area contributed by atoms with Gasteiger partial charge in [-0.25, -0.2) is 0 Å². The van der Waals surface area contributed by atoms with Gasteiger partial charge in [0.2, 0.25) is 0 Å². The Hall–Kier alpha value is -0.560. The van der Waals surface area contributed by atoms with Crippen LogP contribution in [-0.4, -0.2) is 25.0 Å². The van der Waals surface area contributed by atoms with Gasteiger partial charge in [-0.1, -0.05) is 30.7 Å². The first-order valence-electron chi connectivity index (χ1n) is 4.90. The van der Waals surface area contributed by atoms with Gasteiger partial charge in [0.15, 0.2) is 0 Å². The largest absolute Gasteiger partial charge is 0.303 e. The summed E-state index contributed by atoms with van der Waals surface area (Å²) in [6.45, 7) is 2.33. The molecule has 0 atom stereocenters. The lowest BCUT2D eigenvalue weighted by molar-refractivity contribution is 0.358. The normalized spacial score (nSPS) is 27.4. The van der Waals surface area contributed by atoms with Gasteiger partial charge in [0, 0.05) is 6.54 Å². The lowest BCUT2D eigenvalue weighted by Crippen LogP contribution is -2.19. The first-order valence-corrected chi connectivity index (χ1v) is 4.90. The highest BCUT2D eigenvalue weighted by molar-refractivity contribution is 5.03. The molecule has 0 spiro atoms. The van der Waals surface area contributed by atoms with Crippen molar-refractivity contribution in [3.63, 3.8) is 0 Å². The predicted octanol–water partition coefficient (Wildman–Crippen LogP) is 2.60. The molecule has 0 unspecified atom stereocenters. The molecule has 0 radical (unpaired) electrons. The van der Waals surface area contributed by atoms with E-state index in [2.05, 4.69) is 36.3 Å². The van der Waals surface area contributed by atoms with E-state index in [0.29, 0.717) is 0 Å². The van der Waals surface area contributed by atoms with Gasteiger partial charge in [0.05, 0.1) is 0 Å². The first kappa shape index (κ1) is 9.53.